The van der Waals surface area contributed by atoms with Gasteiger partial charge in [-0.1, -0.05) is 17.7 Å². The van der Waals surface area contributed by atoms with Gasteiger partial charge in [0.15, 0.2) is 0 Å². The number of amides is 1. The zero-order valence-corrected chi connectivity index (χ0v) is 12.0. The lowest BCUT2D eigenvalue weighted by Crippen LogP contribution is -2.33. The average molecular weight is 285 g/mol. The molecule has 0 spiro atoms. The number of benzene rings is 1. The van der Waals surface area contributed by atoms with Crippen LogP contribution >= 0.6 is 0 Å². The molecule has 0 aliphatic carbocycles. The van der Waals surface area contributed by atoms with Crippen molar-refractivity contribution in [3.05, 3.63) is 53.9 Å². The van der Waals surface area contributed by atoms with Crippen LogP contribution in [0.3, 0.4) is 0 Å². The van der Waals surface area contributed by atoms with Gasteiger partial charge in [0.25, 0.3) is 5.91 Å². The highest BCUT2D eigenvalue weighted by Gasteiger charge is 2.20. The van der Waals surface area contributed by atoms with Crippen molar-refractivity contribution in [2.24, 2.45) is 5.73 Å². The van der Waals surface area contributed by atoms with E-state index in [0.29, 0.717) is 19.5 Å². The summed E-state index contributed by atoms with van der Waals surface area (Å²) in [5, 5.41) is 9.81. The fourth-order valence-electron chi connectivity index (χ4n) is 2.03. The Labute approximate surface area is 124 Å². The molecule has 110 valence electrons. The van der Waals surface area contributed by atoms with Gasteiger partial charge in [-0.2, -0.15) is 0 Å². The molecule has 5 heteroatoms. The number of aromatic nitrogens is 1. The van der Waals surface area contributed by atoms with Crippen LogP contribution in [0.25, 0.3) is 0 Å². The average Bonchev–Trinajstić information content (AvgIpc) is 2.49. The molecule has 0 unspecified atom stereocenters. The van der Waals surface area contributed by atoms with Gasteiger partial charge in [0.2, 0.25) is 0 Å². The van der Waals surface area contributed by atoms with Crippen LogP contribution in [-0.2, 0) is 0 Å². The van der Waals surface area contributed by atoms with Crippen molar-refractivity contribution >= 4 is 11.6 Å². The number of carbonyl (C=O) groups excluding carboxylic acids is 1. The molecule has 0 aliphatic rings. The van der Waals surface area contributed by atoms with Gasteiger partial charge in [-0.3, -0.25) is 9.78 Å². The van der Waals surface area contributed by atoms with E-state index in [1.165, 1.54) is 18.5 Å². The lowest BCUT2D eigenvalue weighted by atomic mass is 10.1. The summed E-state index contributed by atoms with van der Waals surface area (Å²) in [6.07, 6.45) is 3.44. The number of nitrogens with two attached hydrogens (primary N) is 1. The minimum atomic E-state index is -0.257. The summed E-state index contributed by atoms with van der Waals surface area (Å²) in [6.45, 7) is 2.99. The highest BCUT2D eigenvalue weighted by Crippen LogP contribution is 2.22. The number of anilines is 1. The molecule has 5 nitrogen and oxygen atoms in total. The van der Waals surface area contributed by atoms with E-state index in [0.717, 1.165) is 11.3 Å². The largest absolute Gasteiger partial charge is 0.505 e. The summed E-state index contributed by atoms with van der Waals surface area (Å²) in [6, 6.07) is 9.19. The Hall–Kier alpha value is -2.40. The minimum absolute atomic E-state index is 0.118. The van der Waals surface area contributed by atoms with E-state index in [-0.39, 0.29) is 17.2 Å². The van der Waals surface area contributed by atoms with Crippen molar-refractivity contribution in [1.29, 1.82) is 0 Å². The summed E-state index contributed by atoms with van der Waals surface area (Å²) in [5.41, 5.74) is 7.70. The molecule has 21 heavy (non-hydrogen) atoms. The standard InChI is InChI=1S/C16H19N3O2/c1-12-3-5-13(6-4-12)19(10-2-8-17)16(21)14-7-9-18-11-15(14)20/h3-7,9,11,20H,2,8,10,17H2,1H3. The van der Waals surface area contributed by atoms with E-state index in [1.807, 2.05) is 31.2 Å². The molecule has 2 aromatic rings. The quantitative estimate of drug-likeness (QED) is 0.881. The molecule has 1 aromatic carbocycles. The number of nitrogens with zero attached hydrogens (tertiary/aromatic N) is 2. The molecule has 3 N–H and O–H groups in total. The minimum Gasteiger partial charge on any atom is -0.505 e. The summed E-state index contributed by atoms with van der Waals surface area (Å²) in [4.78, 5) is 18.1. The van der Waals surface area contributed by atoms with E-state index in [2.05, 4.69) is 4.98 Å². The zero-order chi connectivity index (χ0) is 15.2. The van der Waals surface area contributed by atoms with Gasteiger partial charge in [-0.25, -0.2) is 0 Å². The fourth-order valence-corrected chi connectivity index (χ4v) is 2.03. The van der Waals surface area contributed by atoms with E-state index in [1.54, 1.807) is 4.90 Å². The van der Waals surface area contributed by atoms with Gasteiger partial charge >= 0.3 is 0 Å². The topological polar surface area (TPSA) is 79.5 Å². The van der Waals surface area contributed by atoms with Gasteiger partial charge in [-0.05, 0) is 38.1 Å². The van der Waals surface area contributed by atoms with Gasteiger partial charge in [0.1, 0.15) is 5.75 Å². The fraction of sp³-hybridized carbons (Fsp3) is 0.250. The molecule has 0 fully saturated rings. The molecule has 1 aromatic heterocycles. The summed E-state index contributed by atoms with van der Waals surface area (Å²) in [5.74, 6) is -0.375. The van der Waals surface area contributed by atoms with Crippen LogP contribution in [0.4, 0.5) is 5.69 Å². The SMILES string of the molecule is Cc1ccc(N(CCCN)C(=O)c2ccncc2O)cc1. The Morgan fingerprint density at radius 1 is 1.29 bits per heavy atom. The molecule has 0 saturated heterocycles. The first kappa shape index (κ1) is 15.0. The number of aromatic hydroxyl groups is 1. The molecule has 0 saturated carbocycles. The maximum atomic E-state index is 12.7. The number of rotatable bonds is 5. The summed E-state index contributed by atoms with van der Waals surface area (Å²) < 4.78 is 0. The first-order chi connectivity index (χ1) is 10.1. The normalized spacial score (nSPS) is 10.4. The van der Waals surface area contributed by atoms with E-state index in [9.17, 15) is 9.90 Å². The second-order valence-electron chi connectivity index (χ2n) is 4.83. The van der Waals surface area contributed by atoms with Crippen LogP contribution in [0, 0.1) is 6.92 Å². The van der Waals surface area contributed by atoms with Crippen LogP contribution < -0.4 is 10.6 Å². The van der Waals surface area contributed by atoms with Gasteiger partial charge in [-0.15, -0.1) is 0 Å². The van der Waals surface area contributed by atoms with Gasteiger partial charge in [0, 0.05) is 18.4 Å². The van der Waals surface area contributed by atoms with Crippen molar-refractivity contribution in [2.45, 2.75) is 13.3 Å². The van der Waals surface area contributed by atoms with Crippen LogP contribution in [0.1, 0.15) is 22.3 Å². The van der Waals surface area contributed by atoms with Crippen molar-refractivity contribution < 1.29 is 9.90 Å². The Morgan fingerprint density at radius 3 is 2.62 bits per heavy atom. The monoisotopic (exact) mass is 285 g/mol. The Balaban J connectivity index is 2.33. The number of carbonyl (C=O) groups is 1. The first-order valence-electron chi connectivity index (χ1n) is 6.85. The molecular formula is C16H19N3O2. The molecule has 0 aliphatic heterocycles. The van der Waals surface area contributed by atoms with Gasteiger partial charge in [0.05, 0.1) is 11.8 Å². The van der Waals surface area contributed by atoms with Crippen LogP contribution in [-0.4, -0.2) is 29.1 Å². The Bertz CT molecular complexity index is 611. The second kappa shape index (κ2) is 6.85. The molecule has 2 rings (SSSR count). The van der Waals surface area contributed by atoms with Crippen molar-refractivity contribution in [3.63, 3.8) is 0 Å². The molecule has 1 heterocycles. The second-order valence-corrected chi connectivity index (χ2v) is 4.83. The third-order valence-corrected chi connectivity index (χ3v) is 3.21. The highest BCUT2D eigenvalue weighted by atomic mass is 16.3. The smallest absolute Gasteiger partial charge is 0.262 e. The Kier molecular flexibility index (Phi) is 4.90. The van der Waals surface area contributed by atoms with E-state index in [4.69, 9.17) is 5.73 Å². The zero-order valence-electron chi connectivity index (χ0n) is 12.0. The molecule has 0 atom stereocenters. The molecule has 1 amide bonds. The predicted octanol–water partition coefficient (Wildman–Crippen LogP) is 2.09. The summed E-state index contributed by atoms with van der Waals surface area (Å²) in [7, 11) is 0. The third kappa shape index (κ3) is 3.58. The number of hydrogen-bond donors (Lipinski definition) is 2. The number of hydrogen-bond acceptors (Lipinski definition) is 4. The van der Waals surface area contributed by atoms with Crippen LogP contribution in [0.15, 0.2) is 42.7 Å². The summed E-state index contributed by atoms with van der Waals surface area (Å²) >= 11 is 0. The van der Waals surface area contributed by atoms with E-state index < -0.39 is 0 Å². The van der Waals surface area contributed by atoms with Crippen LogP contribution in [0.5, 0.6) is 5.75 Å². The maximum absolute atomic E-state index is 12.7. The molecule has 0 bridgehead atoms. The number of aryl methyl sites for hydroxylation is 1. The Morgan fingerprint density at radius 2 is 2.00 bits per heavy atom. The molecular weight excluding hydrogens is 266 g/mol. The van der Waals surface area contributed by atoms with Crippen molar-refractivity contribution in [3.8, 4) is 5.75 Å². The predicted molar refractivity (Wildman–Crippen MR) is 82.4 cm³/mol. The highest BCUT2D eigenvalue weighted by molar-refractivity contribution is 6.07. The van der Waals surface area contributed by atoms with Crippen molar-refractivity contribution in [1.82, 2.24) is 4.98 Å². The first-order valence-corrected chi connectivity index (χ1v) is 6.85. The van der Waals surface area contributed by atoms with Crippen LogP contribution in [0.2, 0.25) is 0 Å². The lowest BCUT2D eigenvalue weighted by molar-refractivity contribution is 0.0984. The number of pyridine rings is 1. The van der Waals surface area contributed by atoms with Gasteiger partial charge < -0.3 is 15.7 Å². The van der Waals surface area contributed by atoms with E-state index >= 15 is 0 Å². The van der Waals surface area contributed by atoms with Crippen molar-refractivity contribution in [2.75, 3.05) is 18.0 Å². The molecule has 0 radical (unpaired) electrons. The third-order valence-electron chi connectivity index (χ3n) is 3.21. The maximum Gasteiger partial charge on any atom is 0.262 e. The lowest BCUT2D eigenvalue weighted by Gasteiger charge is -2.23.